The summed E-state index contributed by atoms with van der Waals surface area (Å²) < 4.78 is 5.30. The van der Waals surface area contributed by atoms with Gasteiger partial charge in [0.1, 0.15) is 0 Å². The second kappa shape index (κ2) is 6.15. The second-order valence-electron chi connectivity index (χ2n) is 5.25. The summed E-state index contributed by atoms with van der Waals surface area (Å²) in [6.45, 7) is 2.03. The van der Waals surface area contributed by atoms with Crippen molar-refractivity contribution in [3.63, 3.8) is 0 Å². The lowest BCUT2D eigenvalue weighted by Gasteiger charge is -2.17. The predicted octanol–water partition coefficient (Wildman–Crippen LogP) is 2.79. The molecule has 1 heterocycles. The molecule has 0 spiro atoms. The molecule has 0 amide bonds. The first-order valence-corrected chi connectivity index (χ1v) is 6.84. The summed E-state index contributed by atoms with van der Waals surface area (Å²) in [6, 6.07) is 0.260. The zero-order valence-electron chi connectivity index (χ0n) is 10.7. The summed E-state index contributed by atoms with van der Waals surface area (Å²) in [4.78, 5) is 4.51. The van der Waals surface area contributed by atoms with E-state index < -0.39 is 0 Å². The topological polar surface area (TPSA) is 64.9 Å². The first kappa shape index (κ1) is 12.6. The first-order valence-electron chi connectivity index (χ1n) is 6.84. The zero-order chi connectivity index (χ0) is 12.1. The molecular weight excluding hydrogens is 214 g/mol. The van der Waals surface area contributed by atoms with E-state index in [9.17, 15) is 0 Å². The van der Waals surface area contributed by atoms with Crippen LogP contribution in [0.15, 0.2) is 4.52 Å². The van der Waals surface area contributed by atoms with Gasteiger partial charge in [-0.25, -0.2) is 0 Å². The van der Waals surface area contributed by atoms with Gasteiger partial charge >= 0.3 is 0 Å². The Morgan fingerprint density at radius 2 is 2.12 bits per heavy atom. The fourth-order valence-electron chi connectivity index (χ4n) is 2.47. The van der Waals surface area contributed by atoms with Crippen molar-refractivity contribution >= 4 is 0 Å². The van der Waals surface area contributed by atoms with Gasteiger partial charge in [0.15, 0.2) is 5.82 Å². The third kappa shape index (κ3) is 3.80. The Kier molecular flexibility index (Phi) is 4.54. The van der Waals surface area contributed by atoms with Crippen LogP contribution in [0.1, 0.15) is 69.5 Å². The summed E-state index contributed by atoms with van der Waals surface area (Å²) in [7, 11) is 0. The summed E-state index contributed by atoms with van der Waals surface area (Å²) in [5.74, 6) is 2.25. The predicted molar refractivity (Wildman–Crippen MR) is 66.7 cm³/mol. The van der Waals surface area contributed by atoms with Crippen LogP contribution in [0.4, 0.5) is 0 Å². The minimum Gasteiger partial charge on any atom is -0.339 e. The molecule has 0 aliphatic heterocycles. The first-order chi connectivity index (χ1) is 8.25. The van der Waals surface area contributed by atoms with Gasteiger partial charge in [-0.05, 0) is 32.6 Å². The summed E-state index contributed by atoms with van der Waals surface area (Å²) in [5.41, 5.74) is 5.71. The lowest BCUT2D eigenvalue weighted by atomic mass is 9.89. The maximum absolute atomic E-state index is 5.71. The maximum atomic E-state index is 5.71. The molecule has 0 radical (unpaired) electrons. The van der Waals surface area contributed by atoms with Gasteiger partial charge in [-0.15, -0.1) is 0 Å². The highest BCUT2D eigenvalue weighted by molar-refractivity contribution is 4.96. The molecule has 1 aliphatic rings. The fraction of sp³-hybridized carbons (Fsp3) is 0.846. The lowest BCUT2D eigenvalue weighted by molar-refractivity contribution is 0.354. The summed E-state index contributed by atoms with van der Waals surface area (Å²) in [5, 5.41) is 4.12. The molecule has 1 atom stereocenters. The van der Waals surface area contributed by atoms with Crippen LogP contribution in [0.25, 0.3) is 0 Å². The molecule has 1 aromatic rings. The number of hydrogen-bond acceptors (Lipinski definition) is 4. The molecule has 1 saturated carbocycles. The number of aryl methyl sites for hydroxylation is 1. The van der Waals surface area contributed by atoms with Crippen molar-refractivity contribution in [2.24, 2.45) is 5.73 Å². The number of nitrogens with two attached hydrogens (primary N) is 1. The van der Waals surface area contributed by atoms with Gasteiger partial charge in [0, 0.05) is 18.4 Å². The van der Waals surface area contributed by atoms with E-state index >= 15 is 0 Å². The van der Waals surface area contributed by atoms with Crippen molar-refractivity contribution in [1.29, 1.82) is 0 Å². The van der Waals surface area contributed by atoms with Crippen LogP contribution >= 0.6 is 0 Å². The minimum absolute atomic E-state index is 0.260. The molecule has 1 aromatic heterocycles. The quantitative estimate of drug-likeness (QED) is 0.855. The molecular formula is C13H23N3O. The Hall–Kier alpha value is -0.900. The van der Waals surface area contributed by atoms with E-state index in [2.05, 4.69) is 10.1 Å². The van der Waals surface area contributed by atoms with Gasteiger partial charge in [0.25, 0.3) is 0 Å². The van der Waals surface area contributed by atoms with Crippen LogP contribution < -0.4 is 5.73 Å². The maximum Gasteiger partial charge on any atom is 0.226 e. The average molecular weight is 237 g/mol. The van der Waals surface area contributed by atoms with Gasteiger partial charge in [-0.3, -0.25) is 0 Å². The molecule has 0 bridgehead atoms. The van der Waals surface area contributed by atoms with E-state index in [0.29, 0.717) is 5.92 Å². The number of nitrogens with zero attached hydrogens (tertiary/aromatic N) is 2. The van der Waals surface area contributed by atoms with Crippen LogP contribution in [-0.2, 0) is 6.42 Å². The monoisotopic (exact) mass is 237 g/mol. The van der Waals surface area contributed by atoms with E-state index in [-0.39, 0.29) is 6.04 Å². The van der Waals surface area contributed by atoms with Gasteiger partial charge < -0.3 is 10.3 Å². The van der Waals surface area contributed by atoms with E-state index in [1.807, 2.05) is 6.92 Å². The van der Waals surface area contributed by atoms with Gasteiger partial charge in [0.05, 0.1) is 0 Å². The molecule has 1 aliphatic carbocycles. The van der Waals surface area contributed by atoms with Crippen LogP contribution in [0.5, 0.6) is 0 Å². The minimum atomic E-state index is 0.260. The molecule has 4 nitrogen and oxygen atoms in total. The van der Waals surface area contributed by atoms with E-state index in [0.717, 1.165) is 31.0 Å². The van der Waals surface area contributed by atoms with Crippen molar-refractivity contribution in [2.75, 3.05) is 0 Å². The Labute approximate surface area is 103 Å². The number of aromatic nitrogens is 2. The van der Waals surface area contributed by atoms with E-state index in [4.69, 9.17) is 10.3 Å². The Morgan fingerprint density at radius 3 is 2.82 bits per heavy atom. The molecule has 0 aromatic carbocycles. The van der Waals surface area contributed by atoms with Gasteiger partial charge in [-0.1, -0.05) is 24.4 Å². The van der Waals surface area contributed by atoms with Crippen LogP contribution in [0, 0.1) is 0 Å². The highest BCUT2D eigenvalue weighted by Crippen LogP contribution is 2.30. The lowest BCUT2D eigenvalue weighted by Crippen LogP contribution is -2.14. The van der Waals surface area contributed by atoms with Crippen LogP contribution in [0.3, 0.4) is 0 Å². The molecule has 2 rings (SSSR count). The largest absolute Gasteiger partial charge is 0.339 e. The summed E-state index contributed by atoms with van der Waals surface area (Å²) in [6.07, 6.45) is 9.32. The van der Waals surface area contributed by atoms with E-state index in [1.165, 1.54) is 32.1 Å². The Bertz CT molecular complexity index is 329. The highest BCUT2D eigenvalue weighted by atomic mass is 16.5. The average Bonchev–Trinajstić information content (AvgIpc) is 2.78. The highest BCUT2D eigenvalue weighted by Gasteiger charge is 2.20. The summed E-state index contributed by atoms with van der Waals surface area (Å²) >= 11 is 0. The third-order valence-electron chi connectivity index (χ3n) is 3.50. The normalized spacial score (nSPS) is 19.4. The molecule has 0 saturated heterocycles. The molecule has 17 heavy (non-hydrogen) atoms. The van der Waals surface area contributed by atoms with Crippen molar-refractivity contribution in [3.8, 4) is 0 Å². The number of rotatable bonds is 5. The standard InChI is InChI=1S/C13H23N3O/c1-10(14)6-5-9-12-15-13(16-17-12)11-7-3-2-4-8-11/h10-11H,2-9,14H2,1H3. The van der Waals surface area contributed by atoms with Crippen molar-refractivity contribution < 1.29 is 4.52 Å². The van der Waals surface area contributed by atoms with Gasteiger partial charge in [-0.2, -0.15) is 4.98 Å². The zero-order valence-corrected chi connectivity index (χ0v) is 10.7. The molecule has 2 N–H and O–H groups in total. The molecule has 1 fully saturated rings. The van der Waals surface area contributed by atoms with Crippen LogP contribution in [-0.4, -0.2) is 16.2 Å². The SMILES string of the molecule is CC(N)CCCc1nc(C2CCCCC2)no1. The van der Waals surface area contributed by atoms with Crippen molar-refractivity contribution in [3.05, 3.63) is 11.7 Å². The van der Waals surface area contributed by atoms with Gasteiger partial charge in [0.2, 0.25) is 5.89 Å². The smallest absolute Gasteiger partial charge is 0.226 e. The van der Waals surface area contributed by atoms with Crippen molar-refractivity contribution in [2.45, 2.75) is 70.3 Å². The number of hydrogen-bond donors (Lipinski definition) is 1. The molecule has 96 valence electrons. The fourth-order valence-corrected chi connectivity index (χ4v) is 2.47. The Morgan fingerprint density at radius 1 is 1.35 bits per heavy atom. The van der Waals surface area contributed by atoms with Crippen LogP contribution in [0.2, 0.25) is 0 Å². The van der Waals surface area contributed by atoms with Crippen molar-refractivity contribution in [1.82, 2.24) is 10.1 Å². The third-order valence-corrected chi connectivity index (χ3v) is 3.50. The van der Waals surface area contributed by atoms with E-state index in [1.54, 1.807) is 0 Å². The molecule has 1 unspecified atom stereocenters. The Balaban J connectivity index is 1.82. The second-order valence-corrected chi connectivity index (χ2v) is 5.25. The molecule has 4 heteroatoms.